The summed E-state index contributed by atoms with van der Waals surface area (Å²) in [5.41, 5.74) is 0. The van der Waals surface area contributed by atoms with Crippen molar-refractivity contribution < 1.29 is 23.1 Å². The summed E-state index contributed by atoms with van der Waals surface area (Å²) in [5, 5.41) is 12.7. The van der Waals surface area contributed by atoms with E-state index in [1.807, 2.05) is 0 Å². The first-order chi connectivity index (χ1) is 9.87. The third-order valence-electron chi connectivity index (χ3n) is 3.28. The quantitative estimate of drug-likeness (QED) is 0.721. The number of hydrogen-bond acceptors (Lipinski definition) is 6. The van der Waals surface area contributed by atoms with Gasteiger partial charge in [-0.1, -0.05) is 0 Å². The Kier molecular flexibility index (Phi) is 4.56. The first kappa shape index (κ1) is 15.4. The van der Waals surface area contributed by atoms with Gasteiger partial charge in [-0.25, -0.2) is 13.4 Å². The molecule has 1 N–H and O–H groups in total. The SMILES string of the molecule is O=C(O)CC1CS(=O)(=O)CCN1C(=O)CCn1cncn1. The molecule has 1 aromatic heterocycles. The molecule has 1 aliphatic rings. The molecule has 1 aromatic rings. The Labute approximate surface area is 121 Å². The predicted octanol–water partition coefficient (Wildman–Crippen LogP) is -1.23. The van der Waals surface area contributed by atoms with E-state index in [1.54, 1.807) is 0 Å². The third kappa shape index (κ3) is 4.25. The summed E-state index contributed by atoms with van der Waals surface area (Å²) in [6.45, 7) is 0.359. The highest BCUT2D eigenvalue weighted by Gasteiger charge is 2.35. The molecule has 1 unspecified atom stereocenters. The zero-order valence-electron chi connectivity index (χ0n) is 11.3. The summed E-state index contributed by atoms with van der Waals surface area (Å²) in [6, 6.07) is -0.801. The van der Waals surface area contributed by atoms with Crippen molar-refractivity contribution in [2.45, 2.75) is 25.4 Å². The van der Waals surface area contributed by atoms with Crippen LogP contribution in [0, 0.1) is 0 Å². The molecule has 0 aromatic carbocycles. The van der Waals surface area contributed by atoms with Gasteiger partial charge in [0.2, 0.25) is 5.91 Å². The average molecular weight is 316 g/mol. The van der Waals surface area contributed by atoms with Gasteiger partial charge in [0, 0.05) is 13.0 Å². The van der Waals surface area contributed by atoms with Crippen LogP contribution in [0.5, 0.6) is 0 Å². The monoisotopic (exact) mass is 316 g/mol. The average Bonchev–Trinajstić information content (AvgIpc) is 2.87. The zero-order valence-corrected chi connectivity index (χ0v) is 12.1. The maximum absolute atomic E-state index is 12.2. The fourth-order valence-corrected chi connectivity index (χ4v) is 3.81. The number of carboxylic acid groups (broad SMARTS) is 1. The second-order valence-corrected chi connectivity index (χ2v) is 7.09. The predicted molar refractivity (Wildman–Crippen MR) is 71.0 cm³/mol. The Balaban J connectivity index is 2.01. The van der Waals surface area contributed by atoms with E-state index in [4.69, 9.17) is 5.11 Å². The molecule has 0 spiro atoms. The van der Waals surface area contributed by atoms with Crippen LogP contribution >= 0.6 is 0 Å². The molecule has 1 amide bonds. The van der Waals surface area contributed by atoms with E-state index in [9.17, 15) is 18.0 Å². The highest BCUT2D eigenvalue weighted by Crippen LogP contribution is 2.16. The number of aliphatic carboxylic acids is 1. The number of carboxylic acids is 1. The van der Waals surface area contributed by atoms with Crippen molar-refractivity contribution in [1.82, 2.24) is 19.7 Å². The van der Waals surface area contributed by atoms with E-state index in [-0.39, 0.29) is 36.8 Å². The van der Waals surface area contributed by atoms with Gasteiger partial charge in [-0.3, -0.25) is 14.3 Å². The van der Waals surface area contributed by atoms with Gasteiger partial charge in [0.05, 0.1) is 30.5 Å². The molecule has 2 rings (SSSR count). The molecule has 10 heteroatoms. The number of aromatic nitrogens is 3. The molecule has 2 heterocycles. The van der Waals surface area contributed by atoms with Gasteiger partial charge >= 0.3 is 5.97 Å². The van der Waals surface area contributed by atoms with E-state index < -0.39 is 21.8 Å². The molecule has 21 heavy (non-hydrogen) atoms. The molecule has 0 radical (unpaired) electrons. The van der Waals surface area contributed by atoms with Gasteiger partial charge in [-0.05, 0) is 0 Å². The summed E-state index contributed by atoms with van der Waals surface area (Å²) in [6.07, 6.45) is 2.58. The van der Waals surface area contributed by atoms with Crippen LogP contribution in [-0.4, -0.2) is 69.2 Å². The number of rotatable bonds is 5. The Morgan fingerprint density at radius 2 is 2.14 bits per heavy atom. The number of aryl methyl sites for hydroxylation is 1. The zero-order chi connectivity index (χ0) is 15.5. The van der Waals surface area contributed by atoms with Crippen LogP contribution in [0.4, 0.5) is 0 Å². The molecule has 0 aliphatic carbocycles. The van der Waals surface area contributed by atoms with Crippen LogP contribution in [-0.2, 0) is 26.0 Å². The van der Waals surface area contributed by atoms with Crippen LogP contribution in [0.1, 0.15) is 12.8 Å². The fraction of sp³-hybridized carbons (Fsp3) is 0.636. The first-order valence-corrected chi connectivity index (χ1v) is 8.23. The largest absolute Gasteiger partial charge is 0.481 e. The second-order valence-electron chi connectivity index (χ2n) is 4.86. The minimum absolute atomic E-state index is 0.0382. The molecule has 0 saturated carbocycles. The standard InChI is InChI=1S/C11H16N4O5S/c16-10(1-2-14-8-12-7-13-14)15-3-4-21(19,20)6-9(15)5-11(17)18/h7-9H,1-6H2,(H,17,18). The summed E-state index contributed by atoms with van der Waals surface area (Å²) in [4.78, 5) is 28.1. The molecule has 1 saturated heterocycles. The normalized spacial score (nSPS) is 21.1. The Hall–Kier alpha value is -1.97. The maximum Gasteiger partial charge on any atom is 0.305 e. The number of carbonyl (C=O) groups excluding carboxylic acids is 1. The maximum atomic E-state index is 12.2. The van der Waals surface area contributed by atoms with Crippen LogP contribution in [0.3, 0.4) is 0 Å². The van der Waals surface area contributed by atoms with Crippen LogP contribution in [0.2, 0.25) is 0 Å². The number of hydrogen-bond donors (Lipinski definition) is 1. The van der Waals surface area contributed by atoms with Crippen molar-refractivity contribution in [2.75, 3.05) is 18.1 Å². The topological polar surface area (TPSA) is 122 Å². The number of sulfone groups is 1. The first-order valence-electron chi connectivity index (χ1n) is 6.41. The van der Waals surface area contributed by atoms with E-state index in [1.165, 1.54) is 22.2 Å². The van der Waals surface area contributed by atoms with Crippen LogP contribution < -0.4 is 0 Å². The highest BCUT2D eigenvalue weighted by molar-refractivity contribution is 7.91. The van der Waals surface area contributed by atoms with E-state index in [0.717, 1.165) is 0 Å². The third-order valence-corrected chi connectivity index (χ3v) is 4.98. The Morgan fingerprint density at radius 3 is 2.76 bits per heavy atom. The lowest BCUT2D eigenvalue weighted by atomic mass is 10.2. The molecule has 1 atom stereocenters. The molecular weight excluding hydrogens is 300 g/mol. The highest BCUT2D eigenvalue weighted by atomic mass is 32.2. The lowest BCUT2D eigenvalue weighted by molar-refractivity contribution is -0.140. The lowest BCUT2D eigenvalue weighted by Crippen LogP contribution is -2.52. The van der Waals surface area contributed by atoms with E-state index in [2.05, 4.69) is 10.1 Å². The van der Waals surface area contributed by atoms with Crippen molar-refractivity contribution in [3.8, 4) is 0 Å². The van der Waals surface area contributed by atoms with E-state index >= 15 is 0 Å². The summed E-state index contributed by atoms with van der Waals surface area (Å²) in [7, 11) is -3.29. The number of amides is 1. The molecule has 116 valence electrons. The summed E-state index contributed by atoms with van der Waals surface area (Å²) in [5.74, 6) is -1.81. The van der Waals surface area contributed by atoms with Gasteiger partial charge in [0.15, 0.2) is 9.84 Å². The second kappa shape index (κ2) is 6.20. The molecule has 0 bridgehead atoms. The summed E-state index contributed by atoms with van der Waals surface area (Å²) >= 11 is 0. The minimum atomic E-state index is -3.29. The van der Waals surface area contributed by atoms with Gasteiger partial charge in [-0.15, -0.1) is 0 Å². The van der Waals surface area contributed by atoms with Crippen molar-refractivity contribution in [3.05, 3.63) is 12.7 Å². The molecule has 1 fully saturated rings. The van der Waals surface area contributed by atoms with Crippen LogP contribution in [0.25, 0.3) is 0 Å². The summed E-state index contributed by atoms with van der Waals surface area (Å²) < 4.78 is 24.7. The molecule has 9 nitrogen and oxygen atoms in total. The molecular formula is C11H16N4O5S. The Morgan fingerprint density at radius 1 is 1.38 bits per heavy atom. The van der Waals surface area contributed by atoms with Crippen molar-refractivity contribution in [2.24, 2.45) is 0 Å². The van der Waals surface area contributed by atoms with Crippen LogP contribution in [0.15, 0.2) is 12.7 Å². The van der Waals surface area contributed by atoms with E-state index in [0.29, 0.717) is 6.54 Å². The van der Waals surface area contributed by atoms with Gasteiger partial charge < -0.3 is 10.0 Å². The number of carbonyl (C=O) groups is 2. The smallest absolute Gasteiger partial charge is 0.305 e. The van der Waals surface area contributed by atoms with Crippen molar-refractivity contribution in [1.29, 1.82) is 0 Å². The van der Waals surface area contributed by atoms with Gasteiger partial charge in [0.25, 0.3) is 0 Å². The Bertz CT molecular complexity index is 613. The minimum Gasteiger partial charge on any atom is -0.481 e. The molecule has 1 aliphatic heterocycles. The fourth-order valence-electron chi connectivity index (χ4n) is 2.29. The lowest BCUT2D eigenvalue weighted by Gasteiger charge is -2.34. The van der Waals surface area contributed by atoms with Gasteiger partial charge in [-0.2, -0.15) is 5.10 Å². The van der Waals surface area contributed by atoms with Crippen molar-refractivity contribution in [3.63, 3.8) is 0 Å². The van der Waals surface area contributed by atoms with Gasteiger partial charge in [0.1, 0.15) is 12.7 Å². The van der Waals surface area contributed by atoms with Crippen molar-refractivity contribution >= 4 is 21.7 Å². The number of nitrogens with zero attached hydrogens (tertiary/aromatic N) is 4.